The van der Waals surface area contributed by atoms with Crippen molar-refractivity contribution in [1.29, 1.82) is 0 Å². The molecule has 1 fully saturated rings. The first kappa shape index (κ1) is 31.3. The maximum absolute atomic E-state index is 11.3. The number of rotatable bonds is 9. The normalized spacial score (nSPS) is 13.2. The van der Waals surface area contributed by atoms with Crippen molar-refractivity contribution in [3.63, 3.8) is 0 Å². The summed E-state index contributed by atoms with van der Waals surface area (Å²) in [6.45, 7) is 8.68. The number of piperidine rings is 1. The van der Waals surface area contributed by atoms with Crippen molar-refractivity contribution < 1.29 is 24.0 Å². The molecule has 4 rings (SSSR count). The summed E-state index contributed by atoms with van der Waals surface area (Å²) in [6.07, 6.45) is 10.1. The fraction of sp³-hybridized carbons (Fsp3) is 0.176. The van der Waals surface area contributed by atoms with Crippen LogP contribution in [0.5, 0.6) is 0 Å². The largest absolute Gasteiger partial charge is 0.465 e. The minimum Gasteiger partial charge on any atom is -0.465 e. The molecule has 0 aromatic heterocycles. The molecule has 8 nitrogen and oxygen atoms in total. The van der Waals surface area contributed by atoms with E-state index in [2.05, 4.69) is 34.9 Å². The van der Waals surface area contributed by atoms with Gasteiger partial charge < -0.3 is 14.4 Å². The second-order valence-electron chi connectivity index (χ2n) is 9.36. The van der Waals surface area contributed by atoms with Gasteiger partial charge in [-0.2, -0.15) is 0 Å². The van der Waals surface area contributed by atoms with Crippen molar-refractivity contribution in [2.24, 2.45) is 0 Å². The minimum atomic E-state index is -0.405. The molecule has 0 radical (unpaired) electrons. The molecule has 1 saturated heterocycles. The molecule has 0 amide bonds. The molecule has 42 heavy (non-hydrogen) atoms. The third-order valence-corrected chi connectivity index (χ3v) is 6.45. The molecule has 1 heterocycles. The Hall–Kier alpha value is -5.24. The van der Waals surface area contributed by atoms with Crippen molar-refractivity contribution in [2.75, 3.05) is 25.1 Å². The number of carbonyl (C=O) groups is 2. The van der Waals surface area contributed by atoms with Crippen LogP contribution in [-0.4, -0.2) is 43.2 Å². The lowest BCUT2D eigenvalue weighted by Gasteiger charge is -2.33. The van der Waals surface area contributed by atoms with Crippen molar-refractivity contribution in [1.82, 2.24) is 0 Å². The number of nitro benzene ring substituents is 1. The zero-order valence-electron chi connectivity index (χ0n) is 23.6. The van der Waals surface area contributed by atoms with Gasteiger partial charge in [-0.1, -0.05) is 73.9 Å². The highest BCUT2D eigenvalue weighted by Crippen LogP contribution is 2.23. The van der Waals surface area contributed by atoms with Gasteiger partial charge in [0.15, 0.2) is 0 Å². The fourth-order valence-electron chi connectivity index (χ4n) is 4.10. The summed E-state index contributed by atoms with van der Waals surface area (Å²) in [7, 11) is 1.34. The topological polar surface area (TPSA) is 99.0 Å². The average molecular weight is 567 g/mol. The number of hydrogen-bond donors (Lipinski definition) is 0. The minimum absolute atomic E-state index is 0.0364. The summed E-state index contributed by atoms with van der Waals surface area (Å²) in [5, 5.41) is 10.7. The van der Waals surface area contributed by atoms with Gasteiger partial charge in [0.1, 0.15) is 6.10 Å². The summed E-state index contributed by atoms with van der Waals surface area (Å²) < 4.78 is 9.82. The Morgan fingerprint density at radius 1 is 0.881 bits per heavy atom. The molecule has 0 bridgehead atoms. The smallest absolute Gasteiger partial charge is 0.337 e. The second-order valence-corrected chi connectivity index (χ2v) is 9.36. The van der Waals surface area contributed by atoms with Crippen LogP contribution in [0.2, 0.25) is 0 Å². The van der Waals surface area contributed by atoms with Crippen molar-refractivity contribution in [3.05, 3.63) is 137 Å². The van der Waals surface area contributed by atoms with E-state index in [9.17, 15) is 19.7 Å². The maximum Gasteiger partial charge on any atom is 0.337 e. The molecule has 1 aliphatic heterocycles. The van der Waals surface area contributed by atoms with Gasteiger partial charge in [0, 0.05) is 49.8 Å². The van der Waals surface area contributed by atoms with Gasteiger partial charge in [0.25, 0.3) is 5.69 Å². The number of esters is 2. The van der Waals surface area contributed by atoms with Crippen LogP contribution < -0.4 is 4.90 Å². The van der Waals surface area contributed by atoms with E-state index in [1.54, 1.807) is 18.2 Å². The number of hydrogen-bond acceptors (Lipinski definition) is 7. The molecule has 0 saturated carbocycles. The first-order chi connectivity index (χ1) is 20.3. The molecule has 0 unspecified atom stereocenters. The summed E-state index contributed by atoms with van der Waals surface area (Å²) >= 11 is 0. The highest BCUT2D eigenvalue weighted by Gasteiger charge is 2.21. The van der Waals surface area contributed by atoms with Gasteiger partial charge in [0.2, 0.25) is 0 Å². The van der Waals surface area contributed by atoms with E-state index >= 15 is 0 Å². The molecule has 0 atom stereocenters. The van der Waals surface area contributed by atoms with E-state index in [0.29, 0.717) is 5.57 Å². The van der Waals surface area contributed by atoms with Crippen molar-refractivity contribution in [3.8, 4) is 0 Å². The molecule has 3 aromatic rings. The monoisotopic (exact) mass is 566 g/mol. The molecule has 0 aliphatic carbocycles. The summed E-state index contributed by atoms with van der Waals surface area (Å²) in [6, 6.07) is 24.4. The van der Waals surface area contributed by atoms with Crippen LogP contribution in [-0.2, 0) is 19.1 Å². The van der Waals surface area contributed by atoms with Gasteiger partial charge in [0.05, 0.1) is 17.6 Å². The predicted octanol–water partition coefficient (Wildman–Crippen LogP) is 6.89. The number of anilines is 1. The van der Waals surface area contributed by atoms with Crippen LogP contribution in [0.4, 0.5) is 11.4 Å². The van der Waals surface area contributed by atoms with Crippen molar-refractivity contribution in [2.45, 2.75) is 18.9 Å². The quantitative estimate of drug-likeness (QED) is 0.0694. The van der Waals surface area contributed by atoms with Gasteiger partial charge in [-0.3, -0.25) is 10.1 Å². The summed E-state index contributed by atoms with van der Waals surface area (Å²) in [4.78, 5) is 34.8. The van der Waals surface area contributed by atoms with Crippen LogP contribution >= 0.6 is 0 Å². The number of benzene rings is 3. The van der Waals surface area contributed by atoms with Crippen molar-refractivity contribution >= 4 is 41.5 Å². The molecule has 1 aliphatic rings. The lowest BCUT2D eigenvalue weighted by Crippen LogP contribution is -2.37. The first-order valence-corrected chi connectivity index (χ1v) is 13.4. The Balaban J connectivity index is 0.000000291. The SMILES string of the molecule is C=C(C=Cc1ccccc1)C(=O)OC.C=CC(=O)OC1CCN(c2ccc(C=Cc3ccc([N+](=O)[O-])cc3)cc2)CC1. The van der Waals surface area contributed by atoms with Crippen LogP contribution in [0.1, 0.15) is 29.5 Å². The molecule has 3 aromatic carbocycles. The van der Waals surface area contributed by atoms with Crippen LogP contribution in [0.3, 0.4) is 0 Å². The highest BCUT2D eigenvalue weighted by molar-refractivity contribution is 5.92. The Labute approximate surface area is 246 Å². The van der Waals surface area contributed by atoms with Crippen LogP contribution in [0.15, 0.2) is 110 Å². The third-order valence-electron chi connectivity index (χ3n) is 6.45. The molecule has 0 spiro atoms. The fourth-order valence-corrected chi connectivity index (χ4v) is 4.10. The van der Waals surface area contributed by atoms with Gasteiger partial charge in [-0.25, -0.2) is 9.59 Å². The van der Waals surface area contributed by atoms with E-state index in [0.717, 1.165) is 48.3 Å². The lowest BCUT2D eigenvalue weighted by molar-refractivity contribution is -0.384. The zero-order chi connectivity index (χ0) is 30.3. The number of methoxy groups -OCH3 is 1. The van der Waals surface area contributed by atoms with Gasteiger partial charge >= 0.3 is 11.9 Å². The Kier molecular flexibility index (Phi) is 12.0. The van der Waals surface area contributed by atoms with E-state index in [-0.39, 0.29) is 17.8 Å². The van der Waals surface area contributed by atoms with E-state index in [1.165, 1.54) is 25.3 Å². The van der Waals surface area contributed by atoms with Gasteiger partial charge in [-0.05, 0) is 47.0 Å². The van der Waals surface area contributed by atoms with E-state index in [1.807, 2.05) is 60.7 Å². The van der Waals surface area contributed by atoms with E-state index < -0.39 is 10.9 Å². The summed E-state index contributed by atoms with van der Waals surface area (Å²) in [5.41, 5.74) is 4.56. The number of ether oxygens (including phenoxy) is 2. The van der Waals surface area contributed by atoms with Gasteiger partial charge in [-0.15, -0.1) is 0 Å². The number of carbonyl (C=O) groups excluding carboxylic acids is 2. The predicted molar refractivity (Wildman–Crippen MR) is 167 cm³/mol. The number of nitrogens with zero attached hydrogens (tertiary/aromatic N) is 2. The third kappa shape index (κ3) is 10.1. The molecular formula is C34H34N2O6. The molecule has 216 valence electrons. The van der Waals surface area contributed by atoms with Crippen LogP contribution in [0, 0.1) is 10.1 Å². The maximum atomic E-state index is 11.3. The van der Waals surface area contributed by atoms with Crippen LogP contribution in [0.25, 0.3) is 18.2 Å². The Morgan fingerprint density at radius 2 is 1.43 bits per heavy atom. The Morgan fingerprint density at radius 3 is 1.95 bits per heavy atom. The second kappa shape index (κ2) is 16.1. The number of nitro groups is 1. The average Bonchev–Trinajstić information content (AvgIpc) is 3.03. The first-order valence-electron chi connectivity index (χ1n) is 13.4. The lowest BCUT2D eigenvalue weighted by atomic mass is 10.1. The Bertz CT molecular complexity index is 1420. The zero-order valence-corrected chi connectivity index (χ0v) is 23.6. The standard InChI is InChI=1S/C22H22N2O4.C12H12O2/c1-2-22(25)28-21-13-15-23(16-14-21)19-9-5-17(6-10-19)3-4-18-7-11-20(12-8-18)24(26)27;1-10(12(13)14-2)8-9-11-6-4-3-5-7-11/h2-12,21H,1,13-16H2;3-9H,1H2,2H3. The number of non-ortho nitro benzene ring substituents is 1. The molecule has 8 heteroatoms. The molecule has 0 N–H and O–H groups in total. The highest BCUT2D eigenvalue weighted by atomic mass is 16.6. The molecular weight excluding hydrogens is 532 g/mol. The van der Waals surface area contributed by atoms with E-state index in [4.69, 9.17) is 4.74 Å². The summed E-state index contributed by atoms with van der Waals surface area (Å²) in [5.74, 6) is -0.764.